The van der Waals surface area contributed by atoms with Gasteiger partial charge >= 0.3 is 0 Å². The Bertz CT molecular complexity index is 152. The highest BCUT2D eigenvalue weighted by molar-refractivity contribution is 5.80. The molecule has 0 rings (SSSR count). The molecule has 0 aliphatic heterocycles. The molecule has 0 aromatic heterocycles. The monoisotopic (exact) mass is 185 g/mol. The minimum absolute atomic E-state index is 0.337. The molecule has 3 heteroatoms. The van der Waals surface area contributed by atoms with Gasteiger partial charge in [0.2, 0.25) is 0 Å². The maximum Gasteiger partial charge on any atom is 0.0981 e. The average molecular weight is 185 g/mol. The van der Waals surface area contributed by atoms with Crippen LogP contribution in [0.3, 0.4) is 0 Å². The molecule has 0 bridgehead atoms. The van der Waals surface area contributed by atoms with E-state index in [1.165, 1.54) is 0 Å². The summed E-state index contributed by atoms with van der Waals surface area (Å²) in [6.07, 6.45) is 1.12. The molecule has 0 aliphatic carbocycles. The zero-order valence-corrected chi connectivity index (χ0v) is 9.59. The summed E-state index contributed by atoms with van der Waals surface area (Å²) in [7, 11) is 6.15. The lowest BCUT2D eigenvalue weighted by atomic mass is 10.2. The van der Waals surface area contributed by atoms with Crippen molar-refractivity contribution in [3.05, 3.63) is 0 Å². The van der Waals surface area contributed by atoms with Crippen LogP contribution in [0.5, 0.6) is 0 Å². The summed E-state index contributed by atoms with van der Waals surface area (Å²) in [5, 5.41) is 7.75. The van der Waals surface area contributed by atoms with Gasteiger partial charge in [-0.15, -0.1) is 0 Å². The Morgan fingerprint density at radius 1 is 1.15 bits per heavy atom. The summed E-state index contributed by atoms with van der Waals surface area (Å²) in [6.45, 7) is 6.19. The molecule has 0 saturated carbocycles. The minimum Gasteiger partial charge on any atom is -0.363 e. The smallest absolute Gasteiger partial charge is 0.0981 e. The molecule has 0 saturated heterocycles. The van der Waals surface area contributed by atoms with E-state index in [1.54, 1.807) is 0 Å². The third kappa shape index (κ3) is 5.64. The van der Waals surface area contributed by atoms with Crippen molar-refractivity contribution >= 4 is 5.84 Å². The molecule has 0 spiro atoms. The molecule has 0 amide bonds. The van der Waals surface area contributed by atoms with Crippen LogP contribution in [0.25, 0.3) is 0 Å². The van der Waals surface area contributed by atoms with E-state index >= 15 is 0 Å². The molecular formula is C10H23N3. The van der Waals surface area contributed by atoms with E-state index in [9.17, 15) is 0 Å². The Morgan fingerprint density at radius 3 is 2.08 bits per heavy atom. The van der Waals surface area contributed by atoms with Crippen LogP contribution >= 0.6 is 0 Å². The van der Waals surface area contributed by atoms with Gasteiger partial charge in [0.05, 0.1) is 5.84 Å². The zero-order valence-electron chi connectivity index (χ0n) is 9.59. The van der Waals surface area contributed by atoms with Crippen LogP contribution in [0, 0.1) is 11.3 Å². The Morgan fingerprint density at radius 2 is 1.69 bits per heavy atom. The van der Waals surface area contributed by atoms with Crippen molar-refractivity contribution in [3.63, 3.8) is 0 Å². The van der Waals surface area contributed by atoms with E-state index in [1.807, 2.05) is 11.9 Å². The molecule has 0 atom stereocenters. The SMILES string of the molecule is CC(C)C(=N)N(C)CCCN(C)C. The fraction of sp³-hybridized carbons (Fsp3) is 0.900. The molecule has 0 heterocycles. The van der Waals surface area contributed by atoms with Crippen LogP contribution < -0.4 is 0 Å². The summed E-state index contributed by atoms with van der Waals surface area (Å²) in [6, 6.07) is 0. The molecular weight excluding hydrogens is 162 g/mol. The molecule has 78 valence electrons. The van der Waals surface area contributed by atoms with Gasteiger partial charge in [0.25, 0.3) is 0 Å². The molecule has 1 N–H and O–H groups in total. The molecule has 13 heavy (non-hydrogen) atoms. The molecule has 0 fully saturated rings. The number of hydrogen-bond acceptors (Lipinski definition) is 2. The molecule has 0 unspecified atom stereocenters. The van der Waals surface area contributed by atoms with Gasteiger partial charge in [-0.25, -0.2) is 0 Å². The predicted octanol–water partition coefficient (Wildman–Crippen LogP) is 1.50. The molecule has 3 nitrogen and oxygen atoms in total. The second kappa shape index (κ2) is 5.97. The quantitative estimate of drug-likeness (QED) is 0.520. The van der Waals surface area contributed by atoms with E-state index in [4.69, 9.17) is 5.41 Å². The maximum atomic E-state index is 7.75. The van der Waals surface area contributed by atoms with E-state index in [-0.39, 0.29) is 0 Å². The molecule has 0 radical (unpaired) electrons. The highest BCUT2D eigenvalue weighted by atomic mass is 15.1. The second-order valence-corrected chi connectivity index (χ2v) is 4.12. The van der Waals surface area contributed by atoms with Crippen molar-refractivity contribution in [1.29, 1.82) is 5.41 Å². The molecule has 0 aromatic rings. The van der Waals surface area contributed by atoms with Crippen LogP contribution in [0.4, 0.5) is 0 Å². The van der Waals surface area contributed by atoms with Gasteiger partial charge in [-0.2, -0.15) is 0 Å². The predicted molar refractivity (Wildman–Crippen MR) is 58.4 cm³/mol. The number of nitrogens with one attached hydrogen (secondary N) is 1. The Kier molecular flexibility index (Phi) is 5.71. The fourth-order valence-electron chi connectivity index (χ4n) is 1.19. The largest absolute Gasteiger partial charge is 0.363 e. The van der Waals surface area contributed by atoms with Crippen molar-refractivity contribution in [3.8, 4) is 0 Å². The van der Waals surface area contributed by atoms with Gasteiger partial charge in [0, 0.05) is 19.5 Å². The summed E-state index contributed by atoms with van der Waals surface area (Å²) < 4.78 is 0. The fourth-order valence-corrected chi connectivity index (χ4v) is 1.19. The van der Waals surface area contributed by atoms with E-state index in [2.05, 4.69) is 32.8 Å². The van der Waals surface area contributed by atoms with Crippen LogP contribution in [-0.2, 0) is 0 Å². The first-order valence-corrected chi connectivity index (χ1v) is 4.89. The summed E-state index contributed by atoms with van der Waals surface area (Å²) in [4.78, 5) is 4.21. The van der Waals surface area contributed by atoms with Crippen molar-refractivity contribution in [2.24, 2.45) is 5.92 Å². The highest BCUT2D eigenvalue weighted by Crippen LogP contribution is 2.00. The van der Waals surface area contributed by atoms with Crippen LogP contribution in [0.1, 0.15) is 20.3 Å². The van der Waals surface area contributed by atoms with Gasteiger partial charge < -0.3 is 9.80 Å². The topological polar surface area (TPSA) is 30.3 Å². The minimum atomic E-state index is 0.337. The van der Waals surface area contributed by atoms with E-state index < -0.39 is 0 Å². The first-order chi connectivity index (χ1) is 5.95. The highest BCUT2D eigenvalue weighted by Gasteiger charge is 2.07. The standard InChI is InChI=1S/C10H23N3/c1-9(2)10(11)13(5)8-6-7-12(3)4/h9,11H,6-8H2,1-5H3. The summed E-state index contributed by atoms with van der Waals surface area (Å²) >= 11 is 0. The first kappa shape index (κ1) is 12.4. The van der Waals surface area contributed by atoms with Gasteiger partial charge in [0.15, 0.2) is 0 Å². The lowest BCUT2D eigenvalue weighted by Crippen LogP contribution is -2.32. The Balaban J connectivity index is 3.62. The lowest BCUT2D eigenvalue weighted by molar-refractivity contribution is 0.364. The average Bonchev–Trinajstić information content (AvgIpc) is 2.02. The lowest BCUT2D eigenvalue weighted by Gasteiger charge is -2.23. The van der Waals surface area contributed by atoms with Gasteiger partial charge in [-0.05, 0) is 27.1 Å². The zero-order chi connectivity index (χ0) is 10.4. The van der Waals surface area contributed by atoms with Crippen molar-refractivity contribution in [1.82, 2.24) is 9.80 Å². The van der Waals surface area contributed by atoms with Gasteiger partial charge in [-0.1, -0.05) is 13.8 Å². The summed E-state index contributed by atoms with van der Waals surface area (Å²) in [5.74, 6) is 1.07. The third-order valence-electron chi connectivity index (χ3n) is 2.06. The second-order valence-electron chi connectivity index (χ2n) is 4.12. The van der Waals surface area contributed by atoms with E-state index in [0.717, 1.165) is 25.3 Å². The van der Waals surface area contributed by atoms with Gasteiger partial charge in [0.1, 0.15) is 0 Å². The van der Waals surface area contributed by atoms with Crippen LogP contribution in [0.15, 0.2) is 0 Å². The van der Waals surface area contributed by atoms with Crippen molar-refractivity contribution in [2.75, 3.05) is 34.2 Å². The number of rotatable bonds is 5. The maximum absolute atomic E-state index is 7.75. The third-order valence-corrected chi connectivity index (χ3v) is 2.06. The Labute approximate surface area is 82.2 Å². The molecule has 0 aromatic carbocycles. The normalized spacial score (nSPS) is 11.0. The van der Waals surface area contributed by atoms with Crippen molar-refractivity contribution in [2.45, 2.75) is 20.3 Å². The van der Waals surface area contributed by atoms with Crippen molar-refractivity contribution < 1.29 is 0 Å². The van der Waals surface area contributed by atoms with Gasteiger partial charge in [-0.3, -0.25) is 5.41 Å². The number of hydrogen-bond donors (Lipinski definition) is 1. The number of amidine groups is 1. The molecule has 0 aliphatic rings. The van der Waals surface area contributed by atoms with E-state index in [0.29, 0.717) is 5.92 Å². The number of nitrogens with zero attached hydrogens (tertiary/aromatic N) is 2. The first-order valence-electron chi connectivity index (χ1n) is 4.89. The Hall–Kier alpha value is -0.570. The summed E-state index contributed by atoms with van der Waals surface area (Å²) in [5.41, 5.74) is 0. The van der Waals surface area contributed by atoms with Crippen LogP contribution in [-0.4, -0.2) is 49.9 Å². The van der Waals surface area contributed by atoms with Crippen LogP contribution in [0.2, 0.25) is 0 Å².